The summed E-state index contributed by atoms with van der Waals surface area (Å²) in [6.45, 7) is 5.38. The average molecular weight is 191 g/mol. The Balaban J connectivity index is 3.64. The van der Waals surface area contributed by atoms with Crippen molar-refractivity contribution in [2.75, 3.05) is 6.54 Å². The van der Waals surface area contributed by atoms with Gasteiger partial charge in [0.15, 0.2) is 0 Å². The predicted octanol–water partition coefficient (Wildman–Crippen LogP) is -0.225. The van der Waals surface area contributed by atoms with Gasteiger partial charge in [-0.2, -0.15) is 5.48 Å². The number of hydrogen-bond acceptors (Lipinski definition) is 5. The molecular weight excluding hydrogens is 174 g/mol. The van der Waals surface area contributed by atoms with E-state index in [-0.39, 0.29) is 6.54 Å². The second-order valence-corrected chi connectivity index (χ2v) is 3.62. The molecular formula is C7H17N3O3. The highest BCUT2D eigenvalue weighted by Gasteiger charge is 2.16. The third kappa shape index (κ3) is 7.51. The molecule has 1 atom stereocenters. The normalized spacial score (nSPS) is 13.6. The van der Waals surface area contributed by atoms with Crippen LogP contribution in [0.5, 0.6) is 0 Å². The van der Waals surface area contributed by atoms with Crippen LogP contribution in [0, 0.1) is 0 Å². The fourth-order valence-electron chi connectivity index (χ4n) is 0.553. The monoisotopic (exact) mass is 191 g/mol. The van der Waals surface area contributed by atoms with E-state index in [1.807, 2.05) is 0 Å². The lowest BCUT2D eigenvalue weighted by Crippen LogP contribution is -2.46. The van der Waals surface area contributed by atoms with Crippen molar-refractivity contribution in [2.45, 2.75) is 32.5 Å². The zero-order valence-electron chi connectivity index (χ0n) is 8.13. The molecule has 0 radical (unpaired) electrons. The molecule has 5 N–H and O–H groups in total. The van der Waals surface area contributed by atoms with Crippen LogP contribution in [0.2, 0.25) is 0 Å². The van der Waals surface area contributed by atoms with Crippen LogP contribution in [0.15, 0.2) is 0 Å². The Kier molecular flexibility index (Phi) is 4.68. The third-order valence-electron chi connectivity index (χ3n) is 1.03. The first kappa shape index (κ1) is 12.2. The minimum atomic E-state index is -0.687. The number of ether oxygens (including phenoxy) is 1. The van der Waals surface area contributed by atoms with Crippen LogP contribution in [0.1, 0.15) is 20.8 Å². The van der Waals surface area contributed by atoms with Gasteiger partial charge < -0.3 is 21.0 Å². The van der Waals surface area contributed by atoms with Gasteiger partial charge in [0, 0.05) is 0 Å². The number of hydrogen-bond donors (Lipinski definition) is 4. The van der Waals surface area contributed by atoms with Crippen molar-refractivity contribution in [2.24, 2.45) is 5.73 Å². The highest BCUT2D eigenvalue weighted by molar-refractivity contribution is 5.67. The summed E-state index contributed by atoms with van der Waals surface area (Å²) in [5.41, 5.74) is 6.52. The Morgan fingerprint density at radius 3 is 2.54 bits per heavy atom. The van der Waals surface area contributed by atoms with E-state index in [4.69, 9.17) is 15.7 Å². The number of rotatable bonds is 3. The second kappa shape index (κ2) is 5.00. The Hall–Kier alpha value is -0.850. The maximum Gasteiger partial charge on any atom is 0.407 e. The van der Waals surface area contributed by atoms with Crippen LogP contribution in [0.3, 0.4) is 0 Å². The molecule has 1 amide bonds. The van der Waals surface area contributed by atoms with Crippen molar-refractivity contribution in [3.63, 3.8) is 0 Å². The van der Waals surface area contributed by atoms with Crippen molar-refractivity contribution in [3.05, 3.63) is 0 Å². The number of amides is 1. The van der Waals surface area contributed by atoms with Gasteiger partial charge in [0.2, 0.25) is 0 Å². The third-order valence-corrected chi connectivity index (χ3v) is 1.03. The number of nitrogens with two attached hydrogens (primary N) is 1. The van der Waals surface area contributed by atoms with Crippen LogP contribution < -0.4 is 16.5 Å². The maximum atomic E-state index is 11.0. The molecule has 0 aromatic rings. The smallest absolute Gasteiger partial charge is 0.407 e. The lowest BCUT2D eigenvalue weighted by atomic mass is 10.2. The van der Waals surface area contributed by atoms with Crippen molar-refractivity contribution < 1.29 is 14.7 Å². The quantitative estimate of drug-likeness (QED) is 0.365. The molecule has 1 unspecified atom stereocenters. The standard InChI is InChI=1S/C7H17N3O3/c1-7(2,3)13-6(11)9-4-5(8)10-12/h5,10,12H,4,8H2,1-3H3,(H,9,11). The van der Waals surface area contributed by atoms with Gasteiger partial charge in [-0.05, 0) is 20.8 Å². The molecule has 0 saturated heterocycles. The summed E-state index contributed by atoms with van der Waals surface area (Å²) >= 11 is 0. The van der Waals surface area contributed by atoms with Gasteiger partial charge in [-0.15, -0.1) is 0 Å². The summed E-state index contributed by atoms with van der Waals surface area (Å²) in [4.78, 5) is 11.0. The highest BCUT2D eigenvalue weighted by atomic mass is 16.6. The Bertz CT molecular complexity index is 167. The lowest BCUT2D eigenvalue weighted by Gasteiger charge is -2.20. The van der Waals surface area contributed by atoms with Gasteiger partial charge in [0.1, 0.15) is 5.60 Å². The van der Waals surface area contributed by atoms with Gasteiger partial charge in [-0.25, -0.2) is 4.79 Å². The SMILES string of the molecule is CC(C)(C)OC(=O)NCC(N)NO. The molecule has 0 aliphatic heterocycles. The number of carbonyl (C=O) groups excluding carboxylic acids is 1. The van der Waals surface area contributed by atoms with E-state index < -0.39 is 17.9 Å². The van der Waals surface area contributed by atoms with Crippen molar-refractivity contribution >= 4 is 6.09 Å². The van der Waals surface area contributed by atoms with E-state index in [0.717, 1.165) is 0 Å². The van der Waals surface area contributed by atoms with Crippen molar-refractivity contribution in [1.29, 1.82) is 0 Å². The van der Waals surface area contributed by atoms with Crippen molar-refractivity contribution in [3.8, 4) is 0 Å². The highest BCUT2D eigenvalue weighted by Crippen LogP contribution is 2.05. The maximum absolute atomic E-state index is 11.0. The molecule has 0 bridgehead atoms. The molecule has 0 rings (SSSR count). The Morgan fingerprint density at radius 1 is 1.62 bits per heavy atom. The van der Waals surface area contributed by atoms with Gasteiger partial charge in [-0.1, -0.05) is 0 Å². The summed E-state index contributed by atoms with van der Waals surface area (Å²) in [5.74, 6) is 0. The molecule has 6 nitrogen and oxygen atoms in total. The molecule has 78 valence electrons. The fourth-order valence-corrected chi connectivity index (χ4v) is 0.553. The molecule has 0 saturated carbocycles. The summed E-state index contributed by atoms with van der Waals surface area (Å²) in [6, 6.07) is 0. The van der Waals surface area contributed by atoms with Gasteiger partial charge in [0.05, 0.1) is 12.7 Å². The minimum absolute atomic E-state index is 0.103. The summed E-state index contributed by atoms with van der Waals surface area (Å²) in [5, 5.41) is 10.7. The molecule has 0 aliphatic rings. The zero-order chi connectivity index (χ0) is 10.5. The number of alkyl carbamates (subject to hydrolysis) is 1. The minimum Gasteiger partial charge on any atom is -0.444 e. The number of hydroxylamine groups is 1. The van der Waals surface area contributed by atoms with E-state index in [1.165, 1.54) is 0 Å². The van der Waals surface area contributed by atoms with Gasteiger partial charge in [0.25, 0.3) is 0 Å². The van der Waals surface area contributed by atoms with Crippen LogP contribution in [-0.4, -0.2) is 29.6 Å². The number of nitrogens with one attached hydrogen (secondary N) is 2. The summed E-state index contributed by atoms with van der Waals surface area (Å²) < 4.78 is 4.92. The van der Waals surface area contributed by atoms with Crippen LogP contribution >= 0.6 is 0 Å². The average Bonchev–Trinajstić information content (AvgIpc) is 1.97. The largest absolute Gasteiger partial charge is 0.444 e. The molecule has 0 aliphatic carbocycles. The summed E-state index contributed by atoms with van der Waals surface area (Å²) in [7, 11) is 0. The van der Waals surface area contributed by atoms with Gasteiger partial charge >= 0.3 is 6.09 Å². The Morgan fingerprint density at radius 2 is 2.15 bits per heavy atom. The van der Waals surface area contributed by atoms with Gasteiger partial charge in [-0.3, -0.25) is 0 Å². The summed E-state index contributed by atoms with van der Waals surface area (Å²) in [6.07, 6.45) is -1.24. The lowest BCUT2D eigenvalue weighted by molar-refractivity contribution is 0.0504. The van der Waals surface area contributed by atoms with E-state index in [2.05, 4.69) is 5.32 Å². The first-order chi connectivity index (χ1) is 5.85. The molecule has 13 heavy (non-hydrogen) atoms. The first-order valence-corrected chi connectivity index (χ1v) is 3.97. The van der Waals surface area contributed by atoms with E-state index in [9.17, 15) is 4.79 Å². The zero-order valence-corrected chi connectivity index (χ0v) is 8.13. The Labute approximate surface area is 77.4 Å². The van der Waals surface area contributed by atoms with E-state index >= 15 is 0 Å². The molecule has 0 fully saturated rings. The molecule has 0 aromatic heterocycles. The second-order valence-electron chi connectivity index (χ2n) is 3.62. The molecule has 0 spiro atoms. The van der Waals surface area contributed by atoms with Crippen molar-refractivity contribution in [1.82, 2.24) is 10.8 Å². The van der Waals surface area contributed by atoms with E-state index in [1.54, 1.807) is 26.3 Å². The fraction of sp³-hybridized carbons (Fsp3) is 0.857. The van der Waals surface area contributed by atoms with E-state index in [0.29, 0.717) is 0 Å². The molecule has 0 aromatic carbocycles. The van der Waals surface area contributed by atoms with Crippen LogP contribution in [-0.2, 0) is 4.74 Å². The predicted molar refractivity (Wildman–Crippen MR) is 47.1 cm³/mol. The molecule has 0 heterocycles. The van der Waals surface area contributed by atoms with Crippen LogP contribution in [0.25, 0.3) is 0 Å². The first-order valence-electron chi connectivity index (χ1n) is 3.97. The van der Waals surface area contributed by atoms with Crippen LogP contribution in [0.4, 0.5) is 4.79 Å². The number of carbonyl (C=O) groups is 1. The molecule has 6 heteroatoms. The topological polar surface area (TPSA) is 96.6 Å².